The van der Waals surface area contributed by atoms with Gasteiger partial charge in [0.25, 0.3) is 11.8 Å². The molecule has 0 aliphatic carbocycles. The Bertz CT molecular complexity index is 843. The van der Waals surface area contributed by atoms with Crippen LogP contribution in [0, 0.1) is 0 Å². The van der Waals surface area contributed by atoms with E-state index in [0.29, 0.717) is 15.7 Å². The zero-order valence-corrected chi connectivity index (χ0v) is 15.5. The summed E-state index contributed by atoms with van der Waals surface area (Å²) >= 11 is 17.6. The lowest BCUT2D eigenvalue weighted by Gasteiger charge is -2.09. The monoisotopic (exact) mass is 414 g/mol. The first-order chi connectivity index (χ1) is 12.4. The van der Waals surface area contributed by atoms with Crippen molar-refractivity contribution in [2.24, 2.45) is 0 Å². The lowest BCUT2D eigenvalue weighted by Crippen LogP contribution is -2.32. The molecular formula is C17H13Cl3N2O4. The first kappa shape index (κ1) is 20.0. The van der Waals surface area contributed by atoms with Crippen LogP contribution in [0.25, 0.3) is 0 Å². The van der Waals surface area contributed by atoms with Crippen LogP contribution >= 0.6 is 34.8 Å². The molecule has 0 spiro atoms. The molecular weight excluding hydrogens is 403 g/mol. The lowest BCUT2D eigenvalue weighted by atomic mass is 10.2. The molecule has 0 heterocycles. The first-order valence-electron chi connectivity index (χ1n) is 7.30. The Kier molecular flexibility index (Phi) is 7.26. The fraction of sp³-hybridized carbons (Fsp3) is 0.118. The Morgan fingerprint density at radius 1 is 0.962 bits per heavy atom. The predicted molar refractivity (Wildman–Crippen MR) is 99.8 cm³/mol. The average Bonchev–Trinajstić information content (AvgIpc) is 2.60. The van der Waals surface area contributed by atoms with Crippen molar-refractivity contribution in [3.05, 3.63) is 63.1 Å². The summed E-state index contributed by atoms with van der Waals surface area (Å²) in [6.07, 6.45) is 0. The fourth-order valence-electron chi connectivity index (χ4n) is 1.87. The summed E-state index contributed by atoms with van der Waals surface area (Å²) in [6.45, 7) is -0.932. The Morgan fingerprint density at radius 3 is 2.38 bits per heavy atom. The van der Waals surface area contributed by atoms with E-state index < -0.39 is 30.9 Å². The molecule has 136 valence electrons. The Labute approximate surface area is 164 Å². The van der Waals surface area contributed by atoms with Crippen LogP contribution < -0.4 is 10.6 Å². The van der Waals surface area contributed by atoms with Gasteiger partial charge in [0.05, 0.1) is 21.3 Å². The minimum atomic E-state index is -0.780. The number of anilines is 1. The van der Waals surface area contributed by atoms with Gasteiger partial charge < -0.3 is 15.4 Å². The molecule has 6 nitrogen and oxygen atoms in total. The number of rotatable bonds is 6. The van der Waals surface area contributed by atoms with Gasteiger partial charge in [-0.1, -0.05) is 46.9 Å². The quantitative estimate of drug-likeness (QED) is 0.707. The van der Waals surface area contributed by atoms with E-state index in [1.54, 1.807) is 24.3 Å². The molecule has 2 rings (SSSR count). The molecule has 0 aliphatic rings. The second-order valence-corrected chi connectivity index (χ2v) is 6.25. The molecule has 0 unspecified atom stereocenters. The van der Waals surface area contributed by atoms with Gasteiger partial charge in [0.15, 0.2) is 6.61 Å². The number of hydrogen-bond donors (Lipinski definition) is 2. The smallest absolute Gasteiger partial charge is 0.325 e. The number of halogens is 3. The van der Waals surface area contributed by atoms with Crippen molar-refractivity contribution in [1.29, 1.82) is 0 Å². The molecule has 0 radical (unpaired) electrons. The predicted octanol–water partition coefficient (Wildman–Crippen LogP) is 3.56. The SMILES string of the molecule is O=C(COC(=O)CNC(=O)c1ccc(Cl)cc1Cl)Nc1ccccc1Cl. The summed E-state index contributed by atoms with van der Waals surface area (Å²) in [5, 5.41) is 5.75. The van der Waals surface area contributed by atoms with E-state index in [-0.39, 0.29) is 10.6 Å². The van der Waals surface area contributed by atoms with Gasteiger partial charge in [0, 0.05) is 5.02 Å². The number of carbonyl (C=O) groups is 3. The highest BCUT2D eigenvalue weighted by molar-refractivity contribution is 6.36. The Hall–Kier alpha value is -2.28. The van der Waals surface area contributed by atoms with Crippen molar-refractivity contribution in [1.82, 2.24) is 5.32 Å². The molecule has 2 aromatic carbocycles. The second-order valence-electron chi connectivity index (χ2n) is 5.00. The average molecular weight is 416 g/mol. The van der Waals surface area contributed by atoms with Crippen LogP contribution in [0.5, 0.6) is 0 Å². The molecule has 0 saturated heterocycles. The standard InChI is InChI=1S/C17H13Cl3N2O4/c18-10-5-6-11(13(20)7-10)17(25)21-8-16(24)26-9-15(23)22-14-4-2-1-3-12(14)19/h1-7H,8-9H2,(H,21,25)(H,22,23). The van der Waals surface area contributed by atoms with Crippen molar-refractivity contribution in [3.63, 3.8) is 0 Å². The van der Waals surface area contributed by atoms with Gasteiger partial charge in [0.2, 0.25) is 0 Å². The van der Waals surface area contributed by atoms with Crippen molar-refractivity contribution < 1.29 is 19.1 Å². The van der Waals surface area contributed by atoms with Crippen LogP contribution in [0.15, 0.2) is 42.5 Å². The topological polar surface area (TPSA) is 84.5 Å². The van der Waals surface area contributed by atoms with Crippen molar-refractivity contribution >= 4 is 58.3 Å². The van der Waals surface area contributed by atoms with Gasteiger partial charge >= 0.3 is 5.97 Å². The van der Waals surface area contributed by atoms with Crippen LogP contribution in [0.1, 0.15) is 10.4 Å². The normalized spacial score (nSPS) is 10.1. The van der Waals surface area contributed by atoms with E-state index in [1.165, 1.54) is 18.2 Å². The third-order valence-corrected chi connectivity index (χ3v) is 3.96. The highest BCUT2D eigenvalue weighted by Crippen LogP contribution is 2.21. The molecule has 26 heavy (non-hydrogen) atoms. The number of nitrogens with one attached hydrogen (secondary N) is 2. The van der Waals surface area contributed by atoms with E-state index in [1.807, 2.05) is 0 Å². The van der Waals surface area contributed by atoms with E-state index in [0.717, 1.165) is 0 Å². The molecule has 0 aliphatic heterocycles. The zero-order valence-electron chi connectivity index (χ0n) is 13.2. The van der Waals surface area contributed by atoms with Crippen LogP contribution in [0.2, 0.25) is 15.1 Å². The largest absolute Gasteiger partial charge is 0.454 e. The zero-order chi connectivity index (χ0) is 19.1. The molecule has 2 amide bonds. The van der Waals surface area contributed by atoms with Gasteiger partial charge in [-0.2, -0.15) is 0 Å². The van der Waals surface area contributed by atoms with E-state index >= 15 is 0 Å². The second kappa shape index (κ2) is 9.43. The van der Waals surface area contributed by atoms with E-state index in [2.05, 4.69) is 10.6 Å². The molecule has 2 aromatic rings. The van der Waals surface area contributed by atoms with Gasteiger partial charge in [-0.05, 0) is 30.3 Å². The Balaban J connectivity index is 1.77. The molecule has 9 heteroatoms. The number of amides is 2. The van der Waals surface area contributed by atoms with Crippen molar-refractivity contribution in [2.75, 3.05) is 18.5 Å². The number of hydrogen-bond acceptors (Lipinski definition) is 4. The number of benzene rings is 2. The van der Waals surface area contributed by atoms with Crippen molar-refractivity contribution in [2.45, 2.75) is 0 Å². The molecule has 0 aromatic heterocycles. The highest BCUT2D eigenvalue weighted by atomic mass is 35.5. The molecule has 0 atom stereocenters. The minimum Gasteiger partial charge on any atom is -0.454 e. The molecule has 0 bridgehead atoms. The third kappa shape index (κ3) is 5.91. The number of esters is 1. The summed E-state index contributed by atoms with van der Waals surface area (Å²) < 4.78 is 4.79. The molecule has 2 N–H and O–H groups in total. The maximum Gasteiger partial charge on any atom is 0.325 e. The summed E-state index contributed by atoms with van der Waals surface area (Å²) in [4.78, 5) is 35.3. The van der Waals surface area contributed by atoms with Crippen LogP contribution in [-0.2, 0) is 14.3 Å². The van der Waals surface area contributed by atoms with Crippen LogP contribution in [0.3, 0.4) is 0 Å². The Morgan fingerprint density at radius 2 is 1.69 bits per heavy atom. The third-order valence-electron chi connectivity index (χ3n) is 3.08. The summed E-state index contributed by atoms with van der Waals surface area (Å²) in [5.74, 6) is -1.90. The van der Waals surface area contributed by atoms with Gasteiger partial charge in [-0.3, -0.25) is 14.4 Å². The van der Waals surface area contributed by atoms with Gasteiger partial charge in [-0.25, -0.2) is 0 Å². The minimum absolute atomic E-state index is 0.155. The van der Waals surface area contributed by atoms with E-state index in [9.17, 15) is 14.4 Å². The van der Waals surface area contributed by atoms with Crippen molar-refractivity contribution in [3.8, 4) is 0 Å². The summed E-state index contributed by atoms with van der Waals surface area (Å²) in [6, 6.07) is 11.0. The first-order valence-corrected chi connectivity index (χ1v) is 8.43. The molecule has 0 fully saturated rings. The number of carbonyl (C=O) groups excluding carboxylic acids is 3. The summed E-state index contributed by atoms with van der Waals surface area (Å²) in [5.41, 5.74) is 0.571. The van der Waals surface area contributed by atoms with Crippen LogP contribution in [0.4, 0.5) is 5.69 Å². The van der Waals surface area contributed by atoms with Crippen LogP contribution in [-0.4, -0.2) is 30.9 Å². The number of ether oxygens (including phenoxy) is 1. The maximum atomic E-state index is 12.0. The van der Waals surface area contributed by atoms with Gasteiger partial charge in [-0.15, -0.1) is 0 Å². The number of para-hydroxylation sites is 1. The molecule has 0 saturated carbocycles. The fourth-order valence-corrected chi connectivity index (χ4v) is 2.54. The van der Waals surface area contributed by atoms with E-state index in [4.69, 9.17) is 39.5 Å². The lowest BCUT2D eigenvalue weighted by molar-refractivity contribution is -0.146. The highest BCUT2D eigenvalue weighted by Gasteiger charge is 2.14. The maximum absolute atomic E-state index is 12.0. The van der Waals surface area contributed by atoms with Gasteiger partial charge in [0.1, 0.15) is 6.54 Å². The summed E-state index contributed by atoms with van der Waals surface area (Å²) in [7, 11) is 0.